The zero-order valence-corrected chi connectivity index (χ0v) is 12.0. The molecule has 110 valence electrons. The Morgan fingerprint density at radius 2 is 2.35 bits per heavy atom. The van der Waals surface area contributed by atoms with Gasteiger partial charge in [0.2, 0.25) is 0 Å². The lowest BCUT2D eigenvalue weighted by Gasteiger charge is -2.15. The third-order valence-corrected chi connectivity index (χ3v) is 3.37. The Balaban J connectivity index is 1.86. The number of benzene rings is 1. The van der Waals surface area contributed by atoms with Gasteiger partial charge in [0.25, 0.3) is 0 Å². The van der Waals surface area contributed by atoms with E-state index in [2.05, 4.69) is 10.6 Å². The van der Waals surface area contributed by atoms with Crippen LogP contribution in [-0.2, 0) is 0 Å². The maximum Gasteiger partial charge on any atom is 0.315 e. The molecule has 2 rings (SSSR count). The number of amides is 2. The Labute approximate surface area is 119 Å². The molecule has 1 aliphatic rings. The lowest BCUT2D eigenvalue weighted by atomic mass is 10.1. The van der Waals surface area contributed by atoms with Crippen LogP contribution in [0, 0.1) is 6.92 Å². The third-order valence-electron chi connectivity index (χ3n) is 3.37. The van der Waals surface area contributed by atoms with E-state index in [1.807, 2.05) is 32.0 Å². The highest BCUT2D eigenvalue weighted by Gasteiger charge is 2.25. The van der Waals surface area contributed by atoms with E-state index < -0.39 is 6.10 Å². The first-order valence-electron chi connectivity index (χ1n) is 7.06. The SMILES string of the molecule is CCCC(O)CNC(=O)NC1COc2ccc(C)cc21. The Kier molecular flexibility index (Phi) is 4.84. The average Bonchev–Trinajstić information content (AvgIpc) is 2.79. The molecule has 1 aromatic carbocycles. The van der Waals surface area contributed by atoms with E-state index in [1.165, 1.54) is 0 Å². The van der Waals surface area contributed by atoms with E-state index in [0.29, 0.717) is 13.0 Å². The lowest BCUT2D eigenvalue weighted by Crippen LogP contribution is -2.41. The summed E-state index contributed by atoms with van der Waals surface area (Å²) in [5.74, 6) is 0.826. The lowest BCUT2D eigenvalue weighted by molar-refractivity contribution is 0.159. The number of hydrogen-bond acceptors (Lipinski definition) is 3. The minimum Gasteiger partial charge on any atom is -0.491 e. The van der Waals surface area contributed by atoms with Crippen LogP contribution in [0.2, 0.25) is 0 Å². The van der Waals surface area contributed by atoms with Crippen LogP contribution in [0.4, 0.5) is 4.79 Å². The molecule has 2 atom stereocenters. The molecule has 20 heavy (non-hydrogen) atoms. The van der Waals surface area contributed by atoms with Gasteiger partial charge in [0.05, 0.1) is 12.1 Å². The summed E-state index contributed by atoms with van der Waals surface area (Å²) < 4.78 is 5.54. The summed E-state index contributed by atoms with van der Waals surface area (Å²) in [7, 11) is 0. The zero-order valence-electron chi connectivity index (χ0n) is 12.0. The van der Waals surface area contributed by atoms with Crippen molar-refractivity contribution in [1.82, 2.24) is 10.6 Å². The van der Waals surface area contributed by atoms with Crippen molar-refractivity contribution in [3.05, 3.63) is 29.3 Å². The first-order valence-corrected chi connectivity index (χ1v) is 7.06. The summed E-state index contributed by atoms with van der Waals surface area (Å²) in [5.41, 5.74) is 2.15. The van der Waals surface area contributed by atoms with Gasteiger partial charge >= 0.3 is 6.03 Å². The Bertz CT molecular complexity index is 476. The van der Waals surface area contributed by atoms with Crippen LogP contribution in [-0.4, -0.2) is 30.4 Å². The van der Waals surface area contributed by atoms with Gasteiger partial charge in [0, 0.05) is 12.1 Å². The fraction of sp³-hybridized carbons (Fsp3) is 0.533. The van der Waals surface area contributed by atoms with Crippen LogP contribution >= 0.6 is 0 Å². The van der Waals surface area contributed by atoms with Crippen LogP contribution in [0.15, 0.2) is 18.2 Å². The second kappa shape index (κ2) is 6.61. The first kappa shape index (κ1) is 14.7. The van der Waals surface area contributed by atoms with E-state index in [1.54, 1.807) is 0 Å². The molecule has 0 saturated heterocycles. The number of aliphatic hydroxyl groups is 1. The van der Waals surface area contributed by atoms with Crippen molar-refractivity contribution in [1.29, 1.82) is 0 Å². The van der Waals surface area contributed by atoms with Gasteiger partial charge in [-0.1, -0.05) is 31.0 Å². The summed E-state index contributed by atoms with van der Waals surface area (Å²) in [6.07, 6.45) is 1.10. The largest absolute Gasteiger partial charge is 0.491 e. The van der Waals surface area contributed by atoms with Crippen molar-refractivity contribution in [2.24, 2.45) is 0 Å². The maximum absolute atomic E-state index is 11.8. The van der Waals surface area contributed by atoms with Gasteiger partial charge in [0.1, 0.15) is 12.4 Å². The van der Waals surface area contributed by atoms with Gasteiger partial charge in [-0.3, -0.25) is 0 Å². The second-order valence-corrected chi connectivity index (χ2v) is 5.20. The summed E-state index contributed by atoms with van der Waals surface area (Å²) in [4.78, 5) is 11.8. The molecule has 5 nitrogen and oxygen atoms in total. The Morgan fingerprint density at radius 1 is 1.55 bits per heavy atom. The number of hydrogen-bond donors (Lipinski definition) is 3. The Hall–Kier alpha value is -1.75. The van der Waals surface area contributed by atoms with Gasteiger partial charge < -0.3 is 20.5 Å². The van der Waals surface area contributed by atoms with Crippen LogP contribution in [0.1, 0.15) is 36.9 Å². The fourth-order valence-corrected chi connectivity index (χ4v) is 2.31. The maximum atomic E-state index is 11.8. The molecule has 0 fully saturated rings. The number of carbonyl (C=O) groups is 1. The molecule has 0 saturated carbocycles. The van der Waals surface area contributed by atoms with Crippen molar-refractivity contribution < 1.29 is 14.6 Å². The van der Waals surface area contributed by atoms with Crippen molar-refractivity contribution in [2.45, 2.75) is 38.8 Å². The zero-order chi connectivity index (χ0) is 14.5. The highest BCUT2D eigenvalue weighted by Crippen LogP contribution is 2.32. The third kappa shape index (κ3) is 3.63. The molecule has 5 heteroatoms. The van der Waals surface area contributed by atoms with E-state index >= 15 is 0 Å². The predicted molar refractivity (Wildman–Crippen MR) is 76.9 cm³/mol. The van der Waals surface area contributed by atoms with Gasteiger partial charge in [-0.2, -0.15) is 0 Å². The van der Waals surface area contributed by atoms with Crippen molar-refractivity contribution in [2.75, 3.05) is 13.2 Å². The van der Waals surface area contributed by atoms with Gasteiger partial charge in [-0.05, 0) is 19.4 Å². The molecule has 3 N–H and O–H groups in total. The molecule has 0 aromatic heterocycles. The normalized spacial score (nSPS) is 18.1. The van der Waals surface area contributed by atoms with Crippen molar-refractivity contribution in [3.63, 3.8) is 0 Å². The topological polar surface area (TPSA) is 70.6 Å². The molecule has 1 aliphatic heterocycles. The van der Waals surface area contributed by atoms with E-state index in [-0.39, 0.29) is 18.6 Å². The molecule has 1 heterocycles. The van der Waals surface area contributed by atoms with E-state index in [4.69, 9.17) is 4.74 Å². The number of carbonyl (C=O) groups excluding carboxylic acids is 1. The molecule has 0 spiro atoms. The van der Waals surface area contributed by atoms with Gasteiger partial charge in [-0.25, -0.2) is 4.79 Å². The smallest absolute Gasteiger partial charge is 0.315 e. The monoisotopic (exact) mass is 278 g/mol. The van der Waals surface area contributed by atoms with Crippen LogP contribution in [0.25, 0.3) is 0 Å². The minimum absolute atomic E-state index is 0.131. The summed E-state index contributed by atoms with van der Waals surface area (Å²) in [5, 5.41) is 15.1. The molecular formula is C15H22N2O3. The molecule has 2 unspecified atom stereocenters. The van der Waals surface area contributed by atoms with Gasteiger partial charge in [-0.15, -0.1) is 0 Å². The predicted octanol–water partition coefficient (Wildman–Crippen LogP) is 1.89. The number of nitrogens with one attached hydrogen (secondary N) is 2. The summed E-state index contributed by atoms with van der Waals surface area (Å²) in [6.45, 7) is 4.73. The second-order valence-electron chi connectivity index (χ2n) is 5.20. The standard InChI is InChI=1S/C15H22N2O3/c1-3-4-11(18)8-16-15(19)17-13-9-20-14-6-5-10(2)7-12(13)14/h5-7,11,13,18H,3-4,8-9H2,1-2H3,(H2,16,17,19). The van der Waals surface area contributed by atoms with Crippen LogP contribution in [0.3, 0.4) is 0 Å². The number of aryl methyl sites for hydroxylation is 1. The summed E-state index contributed by atoms with van der Waals surface area (Å²) in [6, 6.07) is 5.54. The first-order chi connectivity index (χ1) is 9.60. The number of urea groups is 1. The van der Waals surface area contributed by atoms with Crippen LogP contribution in [0.5, 0.6) is 5.75 Å². The average molecular weight is 278 g/mol. The fourth-order valence-electron chi connectivity index (χ4n) is 2.31. The number of rotatable bonds is 5. The molecule has 2 amide bonds. The molecular weight excluding hydrogens is 256 g/mol. The highest BCUT2D eigenvalue weighted by atomic mass is 16.5. The van der Waals surface area contributed by atoms with Crippen molar-refractivity contribution >= 4 is 6.03 Å². The number of fused-ring (bicyclic) bond motifs is 1. The van der Waals surface area contributed by atoms with E-state index in [9.17, 15) is 9.90 Å². The molecule has 1 aromatic rings. The Morgan fingerprint density at radius 3 is 3.10 bits per heavy atom. The minimum atomic E-state index is -0.486. The molecule has 0 aliphatic carbocycles. The summed E-state index contributed by atoms with van der Waals surface area (Å²) >= 11 is 0. The van der Waals surface area contributed by atoms with Gasteiger partial charge in [0.15, 0.2) is 0 Å². The molecule has 0 radical (unpaired) electrons. The van der Waals surface area contributed by atoms with E-state index in [0.717, 1.165) is 23.3 Å². The number of aliphatic hydroxyl groups excluding tert-OH is 1. The van der Waals surface area contributed by atoms with Crippen molar-refractivity contribution in [3.8, 4) is 5.75 Å². The number of ether oxygens (including phenoxy) is 1. The molecule has 0 bridgehead atoms. The highest BCUT2D eigenvalue weighted by molar-refractivity contribution is 5.74. The van der Waals surface area contributed by atoms with Crippen LogP contribution < -0.4 is 15.4 Å². The quantitative estimate of drug-likeness (QED) is 0.770.